The molecule has 2 aromatic carbocycles. The second-order valence-electron chi connectivity index (χ2n) is 5.33. The summed E-state index contributed by atoms with van der Waals surface area (Å²) in [5.41, 5.74) is 3.02. The normalized spacial score (nSPS) is 13.0. The van der Waals surface area contributed by atoms with E-state index in [4.69, 9.17) is 21.1 Å². The van der Waals surface area contributed by atoms with E-state index in [1.54, 1.807) is 20.3 Å². The number of nitro groups is 1. The lowest BCUT2D eigenvalue weighted by molar-refractivity contribution is -0.457. The second-order valence-corrected chi connectivity index (χ2v) is 5.77. The summed E-state index contributed by atoms with van der Waals surface area (Å²) >= 11 is 6.07. The Labute approximate surface area is 143 Å². The van der Waals surface area contributed by atoms with Gasteiger partial charge in [-0.15, -0.1) is 0 Å². The lowest BCUT2D eigenvalue weighted by atomic mass is 9.92. The fourth-order valence-electron chi connectivity index (χ4n) is 2.89. The van der Waals surface area contributed by atoms with Crippen LogP contribution in [0.1, 0.15) is 16.7 Å². The molecule has 0 unspecified atom stereocenters. The number of nitro benzene ring substituents is 1. The predicted octanol–water partition coefficient (Wildman–Crippen LogP) is 1.74. The molecule has 0 radical (unpaired) electrons. The standard InChI is InChI=1S/C17H15ClN2O4/c1-23-15-7-10-5-6-19-17(12(10)9-16(15)24-2)13-8-11(18)3-4-14(13)20(21)22/h3-4,7-9H,5-6H2,1-2H3/p+1. The molecule has 24 heavy (non-hydrogen) atoms. The van der Waals surface area contributed by atoms with Crippen LogP contribution in [0, 0.1) is 10.1 Å². The highest BCUT2D eigenvalue weighted by Gasteiger charge is 2.29. The molecule has 0 atom stereocenters. The van der Waals surface area contributed by atoms with Gasteiger partial charge in [0.25, 0.3) is 5.69 Å². The molecule has 3 rings (SSSR count). The van der Waals surface area contributed by atoms with E-state index in [1.165, 1.54) is 12.1 Å². The SMILES string of the molecule is COc1cc2c(cc1OC)C(c1cc(Cl)ccc1[N+](=O)[O-])=[NH+]CC2. The third-order valence-electron chi connectivity index (χ3n) is 4.00. The van der Waals surface area contributed by atoms with E-state index >= 15 is 0 Å². The molecule has 0 amide bonds. The van der Waals surface area contributed by atoms with E-state index in [1.807, 2.05) is 12.1 Å². The van der Waals surface area contributed by atoms with Crippen LogP contribution in [-0.4, -0.2) is 31.4 Å². The number of nitrogens with one attached hydrogen (secondary N) is 1. The Morgan fingerprint density at radius 3 is 2.50 bits per heavy atom. The van der Waals surface area contributed by atoms with Gasteiger partial charge in [0, 0.05) is 17.5 Å². The van der Waals surface area contributed by atoms with Crippen molar-refractivity contribution < 1.29 is 19.4 Å². The highest BCUT2D eigenvalue weighted by atomic mass is 35.5. The number of nitrogens with zero attached hydrogens (tertiary/aromatic N) is 1. The van der Waals surface area contributed by atoms with Gasteiger partial charge in [0.05, 0.1) is 24.7 Å². The van der Waals surface area contributed by atoms with Crippen LogP contribution in [0.2, 0.25) is 5.02 Å². The van der Waals surface area contributed by atoms with Crippen molar-refractivity contribution >= 4 is 23.0 Å². The minimum atomic E-state index is -0.407. The van der Waals surface area contributed by atoms with Crippen LogP contribution in [0.4, 0.5) is 5.69 Å². The third kappa shape index (κ3) is 2.80. The first-order chi connectivity index (χ1) is 11.5. The van der Waals surface area contributed by atoms with Crippen molar-refractivity contribution in [2.75, 3.05) is 20.8 Å². The van der Waals surface area contributed by atoms with Gasteiger partial charge in [-0.2, -0.15) is 0 Å². The van der Waals surface area contributed by atoms with Gasteiger partial charge in [-0.1, -0.05) is 11.6 Å². The smallest absolute Gasteiger partial charge is 0.283 e. The Morgan fingerprint density at radius 1 is 1.12 bits per heavy atom. The van der Waals surface area contributed by atoms with E-state index in [0.29, 0.717) is 34.3 Å². The van der Waals surface area contributed by atoms with Gasteiger partial charge in [-0.05, 0) is 29.8 Å². The van der Waals surface area contributed by atoms with Crippen molar-refractivity contribution in [2.45, 2.75) is 6.42 Å². The predicted molar refractivity (Wildman–Crippen MR) is 90.4 cm³/mol. The summed E-state index contributed by atoms with van der Waals surface area (Å²) in [6.07, 6.45) is 0.785. The minimum absolute atomic E-state index is 0.00420. The zero-order valence-corrected chi connectivity index (χ0v) is 14.0. The maximum atomic E-state index is 11.4. The fraction of sp³-hybridized carbons (Fsp3) is 0.235. The molecule has 1 aliphatic rings. The largest absolute Gasteiger partial charge is 0.493 e. The summed E-state index contributed by atoms with van der Waals surface area (Å²) in [6.45, 7) is 0.668. The minimum Gasteiger partial charge on any atom is -0.493 e. The van der Waals surface area contributed by atoms with Crippen LogP contribution in [0.15, 0.2) is 30.3 Å². The number of hydrogen-bond acceptors (Lipinski definition) is 4. The van der Waals surface area contributed by atoms with Crippen LogP contribution >= 0.6 is 11.6 Å². The van der Waals surface area contributed by atoms with Crippen molar-refractivity contribution in [3.05, 3.63) is 62.2 Å². The first kappa shape index (κ1) is 16.3. The lowest BCUT2D eigenvalue weighted by Gasteiger charge is -2.16. The number of hydrogen-bond donors (Lipinski definition) is 1. The van der Waals surface area contributed by atoms with E-state index in [0.717, 1.165) is 17.5 Å². The molecule has 124 valence electrons. The Balaban J connectivity index is 2.21. The molecule has 1 aliphatic heterocycles. The zero-order valence-electron chi connectivity index (χ0n) is 13.3. The molecule has 7 heteroatoms. The Hall–Kier alpha value is -2.60. The highest BCUT2D eigenvalue weighted by molar-refractivity contribution is 6.31. The van der Waals surface area contributed by atoms with E-state index in [2.05, 4.69) is 4.99 Å². The summed E-state index contributed by atoms with van der Waals surface area (Å²) in [4.78, 5) is 14.2. The summed E-state index contributed by atoms with van der Waals surface area (Å²) in [7, 11) is 3.14. The topological polar surface area (TPSA) is 75.6 Å². The maximum absolute atomic E-state index is 11.4. The molecule has 0 aliphatic carbocycles. The second kappa shape index (κ2) is 6.49. The van der Waals surface area contributed by atoms with Gasteiger partial charge in [0.15, 0.2) is 11.5 Å². The molecule has 1 N–H and O–H groups in total. The van der Waals surface area contributed by atoms with Crippen LogP contribution in [-0.2, 0) is 6.42 Å². The summed E-state index contributed by atoms with van der Waals surface area (Å²) < 4.78 is 10.7. The molecular weight excluding hydrogens is 332 g/mol. The number of rotatable bonds is 4. The Morgan fingerprint density at radius 2 is 1.83 bits per heavy atom. The van der Waals surface area contributed by atoms with Gasteiger partial charge in [0.2, 0.25) is 5.71 Å². The summed E-state index contributed by atoms with van der Waals surface area (Å²) in [5, 5.41) is 11.8. The van der Waals surface area contributed by atoms with Crippen molar-refractivity contribution in [2.24, 2.45) is 0 Å². The molecule has 0 spiro atoms. The van der Waals surface area contributed by atoms with Gasteiger partial charge in [-0.25, -0.2) is 4.99 Å². The number of methoxy groups -OCH3 is 2. The summed E-state index contributed by atoms with van der Waals surface area (Å²) in [6, 6.07) is 8.28. The summed E-state index contributed by atoms with van der Waals surface area (Å²) in [5.74, 6) is 1.21. The monoisotopic (exact) mass is 347 g/mol. The average molecular weight is 348 g/mol. The van der Waals surface area contributed by atoms with Crippen molar-refractivity contribution in [1.29, 1.82) is 0 Å². The molecule has 2 aromatic rings. The Bertz CT molecular complexity index is 849. The number of fused-ring (bicyclic) bond motifs is 1. The van der Waals surface area contributed by atoms with Gasteiger partial charge >= 0.3 is 0 Å². The number of benzene rings is 2. The van der Waals surface area contributed by atoms with Gasteiger partial charge in [0.1, 0.15) is 12.1 Å². The lowest BCUT2D eigenvalue weighted by Crippen LogP contribution is -2.75. The molecule has 0 bridgehead atoms. The Kier molecular flexibility index (Phi) is 4.40. The van der Waals surface area contributed by atoms with E-state index in [9.17, 15) is 10.1 Å². The fourth-order valence-corrected chi connectivity index (χ4v) is 3.06. The van der Waals surface area contributed by atoms with Gasteiger partial charge in [-0.3, -0.25) is 10.1 Å². The third-order valence-corrected chi connectivity index (χ3v) is 4.23. The molecule has 0 aromatic heterocycles. The number of ether oxygens (including phenoxy) is 2. The van der Waals surface area contributed by atoms with E-state index < -0.39 is 4.92 Å². The first-order valence-corrected chi connectivity index (χ1v) is 7.73. The first-order valence-electron chi connectivity index (χ1n) is 7.35. The molecule has 6 nitrogen and oxygen atoms in total. The quantitative estimate of drug-likeness (QED) is 0.675. The van der Waals surface area contributed by atoms with Crippen molar-refractivity contribution in [1.82, 2.24) is 0 Å². The van der Waals surface area contributed by atoms with Crippen molar-refractivity contribution in [3.8, 4) is 11.5 Å². The molecule has 0 saturated carbocycles. The molecule has 0 saturated heterocycles. The molecule has 0 fully saturated rings. The van der Waals surface area contributed by atoms with E-state index in [-0.39, 0.29) is 5.69 Å². The van der Waals surface area contributed by atoms with Gasteiger partial charge < -0.3 is 9.47 Å². The number of halogens is 1. The average Bonchev–Trinajstić information content (AvgIpc) is 2.59. The van der Waals surface area contributed by atoms with Crippen LogP contribution in [0.25, 0.3) is 0 Å². The van der Waals surface area contributed by atoms with Crippen LogP contribution in [0.3, 0.4) is 0 Å². The molecular formula is C17H16ClN2O4+. The molecule has 1 heterocycles. The van der Waals surface area contributed by atoms with Crippen LogP contribution < -0.4 is 14.5 Å². The van der Waals surface area contributed by atoms with Crippen molar-refractivity contribution in [3.63, 3.8) is 0 Å². The maximum Gasteiger partial charge on any atom is 0.283 e. The van der Waals surface area contributed by atoms with Crippen LogP contribution in [0.5, 0.6) is 11.5 Å². The zero-order chi connectivity index (χ0) is 17.3. The highest BCUT2D eigenvalue weighted by Crippen LogP contribution is 2.33.